The molecule has 0 spiro atoms. The number of aliphatic imine (C=N–C) groups is 1. The van der Waals surface area contributed by atoms with Gasteiger partial charge in [-0.25, -0.2) is 0 Å². The van der Waals surface area contributed by atoms with Crippen LogP contribution in [0.4, 0.5) is 5.69 Å². The van der Waals surface area contributed by atoms with Crippen LogP contribution in [-0.4, -0.2) is 44.7 Å². The van der Waals surface area contributed by atoms with Gasteiger partial charge in [-0.1, -0.05) is 0 Å². The lowest BCUT2D eigenvalue weighted by Gasteiger charge is -2.20. The SMILES string of the molecule is CCOc1ccc(OCC)c(NC(N)=NCC(c2ccco2)N(C)C)c1.I. The fourth-order valence-corrected chi connectivity index (χ4v) is 2.50. The molecule has 7 nitrogen and oxygen atoms in total. The van der Waals surface area contributed by atoms with E-state index >= 15 is 0 Å². The van der Waals surface area contributed by atoms with Crippen LogP contribution in [0.1, 0.15) is 25.6 Å². The number of nitrogens with one attached hydrogen (secondary N) is 1. The first-order valence-electron chi connectivity index (χ1n) is 8.71. The quantitative estimate of drug-likeness (QED) is 0.318. The van der Waals surface area contributed by atoms with Gasteiger partial charge < -0.3 is 24.9 Å². The number of ether oxygens (including phenoxy) is 2. The van der Waals surface area contributed by atoms with Crippen molar-refractivity contribution in [3.05, 3.63) is 42.4 Å². The number of guanidine groups is 1. The van der Waals surface area contributed by atoms with E-state index in [1.807, 2.05) is 63.2 Å². The van der Waals surface area contributed by atoms with E-state index < -0.39 is 0 Å². The number of benzene rings is 1. The summed E-state index contributed by atoms with van der Waals surface area (Å²) in [5, 5.41) is 3.11. The van der Waals surface area contributed by atoms with E-state index in [1.54, 1.807) is 6.26 Å². The molecule has 0 amide bonds. The Bertz CT molecular complexity index is 705. The van der Waals surface area contributed by atoms with Gasteiger partial charge in [0, 0.05) is 6.07 Å². The lowest BCUT2D eigenvalue weighted by Crippen LogP contribution is -2.27. The smallest absolute Gasteiger partial charge is 0.193 e. The minimum atomic E-state index is 0. The molecule has 2 aromatic rings. The fourth-order valence-electron chi connectivity index (χ4n) is 2.50. The number of hydrogen-bond acceptors (Lipinski definition) is 5. The highest BCUT2D eigenvalue weighted by atomic mass is 127. The first kappa shape index (κ1) is 23.1. The van der Waals surface area contributed by atoms with Crippen molar-refractivity contribution < 1.29 is 13.9 Å². The molecule has 0 radical (unpaired) electrons. The summed E-state index contributed by atoms with van der Waals surface area (Å²) in [6, 6.07) is 9.38. The lowest BCUT2D eigenvalue weighted by atomic mass is 10.2. The van der Waals surface area contributed by atoms with Crippen LogP contribution in [0, 0.1) is 0 Å². The third-order valence-electron chi connectivity index (χ3n) is 3.75. The zero-order chi connectivity index (χ0) is 18.9. The molecular weight excluding hydrogens is 459 g/mol. The monoisotopic (exact) mass is 488 g/mol. The highest BCUT2D eigenvalue weighted by molar-refractivity contribution is 14.0. The summed E-state index contributed by atoms with van der Waals surface area (Å²) < 4.78 is 16.7. The standard InChI is InChI=1S/C19H28N4O3.HI/c1-5-24-14-9-10-17(25-6-2)15(12-14)22-19(20)21-13-16(23(3)4)18-8-7-11-26-18;/h7-12,16H,5-6,13H2,1-4H3,(H3,20,21,22);1H. The van der Waals surface area contributed by atoms with Crippen molar-refractivity contribution in [1.29, 1.82) is 0 Å². The Hall–Kier alpha value is -1.94. The highest BCUT2D eigenvalue weighted by Gasteiger charge is 2.16. The van der Waals surface area contributed by atoms with E-state index in [-0.39, 0.29) is 30.0 Å². The Morgan fingerprint density at radius 2 is 1.96 bits per heavy atom. The number of nitrogens with two attached hydrogens (primary N) is 1. The van der Waals surface area contributed by atoms with Crippen LogP contribution in [-0.2, 0) is 0 Å². The van der Waals surface area contributed by atoms with Gasteiger partial charge in [-0.2, -0.15) is 0 Å². The fraction of sp³-hybridized carbons (Fsp3) is 0.421. The van der Waals surface area contributed by atoms with Crippen molar-refractivity contribution in [2.24, 2.45) is 10.7 Å². The Kier molecular flexibility index (Phi) is 10.0. The second-order valence-corrected chi connectivity index (χ2v) is 5.87. The number of halogens is 1. The van der Waals surface area contributed by atoms with Gasteiger partial charge in [0.25, 0.3) is 0 Å². The van der Waals surface area contributed by atoms with E-state index in [2.05, 4.69) is 10.3 Å². The summed E-state index contributed by atoms with van der Waals surface area (Å²) in [6.45, 7) is 5.48. The molecule has 1 aromatic heterocycles. The van der Waals surface area contributed by atoms with Gasteiger partial charge in [0.05, 0.1) is 37.8 Å². The van der Waals surface area contributed by atoms with E-state index in [4.69, 9.17) is 19.6 Å². The summed E-state index contributed by atoms with van der Waals surface area (Å²) >= 11 is 0. The van der Waals surface area contributed by atoms with Gasteiger partial charge in [0.1, 0.15) is 17.3 Å². The molecule has 0 aliphatic carbocycles. The van der Waals surface area contributed by atoms with Crippen LogP contribution in [0.2, 0.25) is 0 Å². The maximum atomic E-state index is 6.09. The second kappa shape index (κ2) is 11.7. The maximum absolute atomic E-state index is 6.09. The van der Waals surface area contributed by atoms with E-state index in [9.17, 15) is 0 Å². The predicted octanol–water partition coefficient (Wildman–Crippen LogP) is 3.72. The molecule has 0 saturated heterocycles. The molecule has 1 unspecified atom stereocenters. The summed E-state index contributed by atoms with van der Waals surface area (Å²) in [4.78, 5) is 6.50. The number of hydrogen-bond donors (Lipinski definition) is 2. The molecule has 1 heterocycles. The summed E-state index contributed by atoms with van der Waals surface area (Å²) in [5.41, 5.74) is 6.81. The molecule has 8 heteroatoms. The number of rotatable bonds is 9. The predicted molar refractivity (Wildman–Crippen MR) is 119 cm³/mol. The molecule has 2 rings (SSSR count). The van der Waals surface area contributed by atoms with Crippen LogP contribution >= 0.6 is 24.0 Å². The number of likely N-dealkylation sites (N-methyl/N-ethyl adjacent to an activating group) is 1. The average molecular weight is 488 g/mol. The molecular formula is C19H29IN4O3. The summed E-state index contributed by atoms with van der Waals surface area (Å²) in [7, 11) is 3.95. The average Bonchev–Trinajstić information content (AvgIpc) is 3.12. The largest absolute Gasteiger partial charge is 0.494 e. The first-order valence-corrected chi connectivity index (χ1v) is 8.71. The third-order valence-corrected chi connectivity index (χ3v) is 3.75. The maximum Gasteiger partial charge on any atom is 0.193 e. The van der Waals surface area contributed by atoms with Crippen LogP contribution in [0.3, 0.4) is 0 Å². The summed E-state index contributed by atoms with van der Waals surface area (Å²) in [6.07, 6.45) is 1.66. The minimum Gasteiger partial charge on any atom is -0.494 e. The van der Waals surface area contributed by atoms with Crippen molar-refractivity contribution >= 4 is 35.6 Å². The van der Waals surface area contributed by atoms with Crippen molar-refractivity contribution in [3.8, 4) is 11.5 Å². The van der Waals surface area contributed by atoms with Crippen molar-refractivity contribution in [1.82, 2.24) is 4.90 Å². The van der Waals surface area contributed by atoms with Gasteiger partial charge in [-0.15, -0.1) is 24.0 Å². The van der Waals surface area contributed by atoms with Crippen molar-refractivity contribution in [2.45, 2.75) is 19.9 Å². The highest BCUT2D eigenvalue weighted by Crippen LogP contribution is 2.29. The Labute approximate surface area is 177 Å². The summed E-state index contributed by atoms with van der Waals surface area (Å²) in [5.74, 6) is 2.59. The van der Waals surface area contributed by atoms with Crippen LogP contribution in [0.25, 0.3) is 0 Å². The zero-order valence-electron chi connectivity index (χ0n) is 16.3. The van der Waals surface area contributed by atoms with E-state index in [0.29, 0.717) is 31.5 Å². The number of nitrogens with zero attached hydrogens (tertiary/aromatic N) is 2. The number of furan rings is 1. The van der Waals surface area contributed by atoms with Gasteiger partial charge in [0.15, 0.2) is 5.96 Å². The molecule has 1 aromatic carbocycles. The van der Waals surface area contributed by atoms with Gasteiger partial charge >= 0.3 is 0 Å². The molecule has 0 aliphatic rings. The number of anilines is 1. The van der Waals surface area contributed by atoms with Crippen LogP contribution < -0.4 is 20.5 Å². The topological polar surface area (TPSA) is 85.2 Å². The molecule has 1 atom stereocenters. The second-order valence-electron chi connectivity index (χ2n) is 5.87. The van der Waals surface area contributed by atoms with Gasteiger partial charge in [0.2, 0.25) is 0 Å². The molecule has 0 aliphatic heterocycles. The Morgan fingerprint density at radius 1 is 1.22 bits per heavy atom. The van der Waals surface area contributed by atoms with E-state index in [1.165, 1.54) is 0 Å². The molecule has 150 valence electrons. The normalized spacial score (nSPS) is 12.4. The van der Waals surface area contributed by atoms with Crippen molar-refractivity contribution in [2.75, 3.05) is 39.2 Å². The molecule has 0 bridgehead atoms. The Morgan fingerprint density at radius 3 is 2.56 bits per heavy atom. The lowest BCUT2D eigenvalue weighted by molar-refractivity contribution is 0.265. The van der Waals surface area contributed by atoms with Gasteiger partial charge in [-0.05, 0) is 52.2 Å². The van der Waals surface area contributed by atoms with Crippen LogP contribution in [0.15, 0.2) is 46.0 Å². The van der Waals surface area contributed by atoms with Crippen LogP contribution in [0.5, 0.6) is 11.5 Å². The van der Waals surface area contributed by atoms with Gasteiger partial charge in [-0.3, -0.25) is 9.89 Å². The van der Waals surface area contributed by atoms with E-state index in [0.717, 1.165) is 17.2 Å². The molecule has 0 fully saturated rings. The Balaban J connectivity index is 0.00000364. The van der Waals surface area contributed by atoms with Crippen molar-refractivity contribution in [3.63, 3.8) is 0 Å². The molecule has 0 saturated carbocycles. The first-order chi connectivity index (χ1) is 12.5. The molecule has 27 heavy (non-hydrogen) atoms. The zero-order valence-corrected chi connectivity index (χ0v) is 18.6. The minimum absolute atomic E-state index is 0. The third kappa shape index (κ3) is 6.94. The molecule has 3 N–H and O–H groups in total.